The van der Waals surface area contributed by atoms with Crippen molar-refractivity contribution in [1.82, 2.24) is 14.1 Å². The van der Waals surface area contributed by atoms with Gasteiger partial charge in [0.15, 0.2) is 0 Å². The van der Waals surface area contributed by atoms with E-state index in [1.165, 1.54) is 12.1 Å². The van der Waals surface area contributed by atoms with Gasteiger partial charge in [-0.05, 0) is 126 Å². The first-order valence-electron chi connectivity index (χ1n) is 31.7. The summed E-state index contributed by atoms with van der Waals surface area (Å²) in [6, 6.07) is 57.7. The third-order valence-corrected chi connectivity index (χ3v) is 14.9. The molecule has 0 N–H and O–H groups in total. The Hall–Kier alpha value is -7.89. The van der Waals surface area contributed by atoms with Crippen molar-refractivity contribution in [1.29, 1.82) is 0 Å². The predicted molar refractivity (Wildman–Crippen MR) is 324 cm³/mol. The van der Waals surface area contributed by atoms with Crippen molar-refractivity contribution in [2.24, 2.45) is 5.41 Å². The van der Waals surface area contributed by atoms with Gasteiger partial charge >= 0.3 is 0 Å². The van der Waals surface area contributed by atoms with Gasteiger partial charge in [0.1, 0.15) is 24.0 Å². The van der Waals surface area contributed by atoms with Gasteiger partial charge in [-0.15, -0.1) is 0 Å². The largest absolute Gasteiger partial charge is 0.457 e. The molecule has 5 nitrogen and oxygen atoms in total. The van der Waals surface area contributed by atoms with E-state index in [-0.39, 0.29) is 23.2 Å². The average Bonchev–Trinajstić information content (AvgIpc) is 1.33. The Balaban J connectivity index is 1.15. The van der Waals surface area contributed by atoms with Crippen molar-refractivity contribution < 1.29 is 19.8 Å². The molecule has 5 heteroatoms. The van der Waals surface area contributed by atoms with Crippen LogP contribution in [0.5, 0.6) is 11.5 Å². The third kappa shape index (κ3) is 8.64. The maximum atomic E-state index is 10.2. The molecule has 0 fully saturated rings. The van der Waals surface area contributed by atoms with E-state index in [1.54, 1.807) is 6.07 Å². The fraction of sp³-hybridized carbons (Fsp3) is 0.254. The number of fused-ring (bicyclic) bond motifs is 10. The summed E-state index contributed by atoms with van der Waals surface area (Å²) in [5.74, 6) is 2.00. The van der Waals surface area contributed by atoms with Gasteiger partial charge in [-0.2, -0.15) is 0 Å². The molecule has 1 aliphatic heterocycles. The van der Waals surface area contributed by atoms with E-state index in [4.69, 9.17) is 22.1 Å². The van der Waals surface area contributed by atoms with E-state index in [0.29, 0.717) is 28.1 Å². The molecule has 0 amide bonds. The van der Waals surface area contributed by atoms with E-state index >= 15 is 0 Å². The molecule has 0 bridgehead atoms. The number of ether oxygens (including phenoxy) is 1. The molecule has 12 rings (SSSR count). The van der Waals surface area contributed by atoms with E-state index < -0.39 is 48.7 Å². The van der Waals surface area contributed by atoms with E-state index in [0.717, 1.165) is 82.4 Å². The smallest absolute Gasteiger partial charge is 0.137 e. The summed E-state index contributed by atoms with van der Waals surface area (Å²) in [6.45, 7) is 7.23. The van der Waals surface area contributed by atoms with Gasteiger partial charge in [-0.3, -0.25) is 4.57 Å². The molecule has 3 aromatic heterocycles. The maximum Gasteiger partial charge on any atom is 0.137 e. The van der Waals surface area contributed by atoms with Crippen molar-refractivity contribution in [2.75, 3.05) is 4.90 Å². The highest BCUT2D eigenvalue weighted by Crippen LogP contribution is 2.48. The highest BCUT2D eigenvalue weighted by Gasteiger charge is 2.29. The topological polar surface area (TPSA) is 35.2 Å². The molecule has 0 aliphatic carbocycles. The fourth-order valence-corrected chi connectivity index (χ4v) is 11.3. The molecule has 8 aromatic carbocycles. The number of aromatic nitrogens is 3. The zero-order valence-corrected chi connectivity index (χ0v) is 44.7. The van der Waals surface area contributed by atoms with Gasteiger partial charge in [-0.25, -0.2) is 4.98 Å². The summed E-state index contributed by atoms with van der Waals surface area (Å²) in [7, 11) is 0. The molecule has 11 aromatic rings. The van der Waals surface area contributed by atoms with Crippen molar-refractivity contribution in [3.05, 3.63) is 204 Å². The Bertz CT molecular complexity index is 4620. The van der Waals surface area contributed by atoms with Gasteiger partial charge in [-0.1, -0.05) is 198 Å². The number of para-hydroxylation sites is 2. The lowest BCUT2D eigenvalue weighted by Gasteiger charge is -2.28. The number of benzene rings is 8. The van der Waals surface area contributed by atoms with Crippen molar-refractivity contribution in [2.45, 2.75) is 112 Å². The van der Waals surface area contributed by atoms with Crippen LogP contribution in [0.15, 0.2) is 182 Å². The number of anilines is 2. The summed E-state index contributed by atoms with van der Waals surface area (Å²) in [4.78, 5) is 7.10. The highest BCUT2D eigenvalue weighted by molar-refractivity contribution is 6.22. The van der Waals surface area contributed by atoms with Crippen LogP contribution in [0.2, 0.25) is 0 Å². The monoisotopic (exact) mass is 1010 g/mol. The van der Waals surface area contributed by atoms with E-state index in [2.05, 4.69) is 108 Å². The molecule has 0 radical (unpaired) electrons. The average molecular weight is 1010 g/mol. The van der Waals surface area contributed by atoms with Gasteiger partial charge in [0.05, 0.1) is 27.8 Å². The SMILES string of the molecule is [2H]C([2H])([2H])C(c1cc(-c2c(C([2H])([2H])C(C)(C)C)ccc3c4ccccc4c4ccccc4c4cccc5c4n(c23)CN5c2cccc(Oc3ccc4c5ccccc5n(-c5cc(C(C)(C)C)ccn5)c4c3)c2)cc(C(C)(C)C)c1)(C([2H])([2H])[2H])C([2H])([2H])[2H]. The standard InChI is InChI=1S/C71H70N4O/c1-68(2,3)43-45-31-33-60-56-26-16-14-24-54(56)53-23-13-15-25-55(53)59-28-20-30-62-66(59)74(67(60)65(45)46-37-48(70(7,8)9)39-49(38-46)71(10,11)12)44-73(62)50-21-19-22-51(41-50)76-52-32-34-58-57-27-17-18-29-61(57)75(63(58)42-52)64-40-47(35-36-72-64)69(4,5)6/h13-42H,43-44H2,1-12H3/i7D3,8D3,9D3,43D2. The first kappa shape index (κ1) is 37.8. The Labute approximate surface area is 464 Å². The lowest BCUT2D eigenvalue weighted by molar-refractivity contribution is 0.412. The molecule has 76 heavy (non-hydrogen) atoms. The van der Waals surface area contributed by atoms with Crippen LogP contribution in [0.4, 0.5) is 11.4 Å². The van der Waals surface area contributed by atoms with E-state index in [1.807, 2.05) is 133 Å². The molecule has 0 saturated heterocycles. The van der Waals surface area contributed by atoms with Gasteiger partial charge in [0.25, 0.3) is 0 Å². The van der Waals surface area contributed by atoms with Crippen LogP contribution in [-0.4, -0.2) is 14.1 Å². The Kier molecular flexibility index (Phi) is 8.88. The second-order valence-electron chi connectivity index (χ2n) is 23.6. The number of rotatable bonds is 6. The van der Waals surface area contributed by atoms with Crippen LogP contribution >= 0.6 is 0 Å². The molecule has 0 spiro atoms. The number of nitrogens with zero attached hydrogens (tertiary/aromatic N) is 4. The summed E-state index contributed by atoms with van der Waals surface area (Å²) in [5, 5.41) is 7.41. The minimum atomic E-state index is -3.57. The summed E-state index contributed by atoms with van der Waals surface area (Å²) in [6.07, 6.45) is -0.254. The Morgan fingerprint density at radius 3 is 1.75 bits per heavy atom. The Morgan fingerprint density at radius 1 is 0.500 bits per heavy atom. The van der Waals surface area contributed by atoms with Crippen molar-refractivity contribution in [3.8, 4) is 28.4 Å². The van der Waals surface area contributed by atoms with Crippen LogP contribution in [0.1, 0.15) is 120 Å². The van der Waals surface area contributed by atoms with Crippen LogP contribution < -0.4 is 9.64 Å². The number of hydrogen-bond donors (Lipinski definition) is 0. The highest BCUT2D eigenvalue weighted by atomic mass is 16.5. The van der Waals surface area contributed by atoms with Gasteiger partial charge in [0.2, 0.25) is 0 Å². The Morgan fingerprint density at radius 2 is 1.08 bits per heavy atom. The molecule has 380 valence electrons. The lowest BCUT2D eigenvalue weighted by atomic mass is 9.77. The van der Waals surface area contributed by atoms with Crippen LogP contribution in [0, 0.1) is 5.41 Å². The lowest BCUT2D eigenvalue weighted by Crippen LogP contribution is -2.17. The summed E-state index contributed by atoms with van der Waals surface area (Å²) >= 11 is 0. The molecular weight excluding hydrogens is 925 g/mol. The van der Waals surface area contributed by atoms with Crippen molar-refractivity contribution >= 4 is 76.5 Å². The molecule has 1 aliphatic rings. The molecule has 0 unspecified atom stereocenters. The van der Waals surface area contributed by atoms with E-state index in [9.17, 15) is 2.74 Å². The number of pyridine rings is 1. The zero-order chi connectivity index (χ0) is 62.3. The summed E-state index contributed by atoms with van der Waals surface area (Å²) < 4.78 is 112. The number of hydrogen-bond acceptors (Lipinski definition) is 3. The zero-order valence-electron chi connectivity index (χ0n) is 55.7. The predicted octanol–water partition coefficient (Wildman–Crippen LogP) is 19.8. The first-order valence-corrected chi connectivity index (χ1v) is 26.2. The summed E-state index contributed by atoms with van der Waals surface area (Å²) in [5.41, 5.74) is 1.75. The maximum absolute atomic E-state index is 10.2. The van der Waals surface area contributed by atoms with Gasteiger partial charge in [0, 0.05) is 66.2 Å². The molecular formula is C71H70N4O. The molecule has 0 saturated carbocycles. The quantitative estimate of drug-likeness (QED) is 0.166. The van der Waals surface area contributed by atoms with Crippen molar-refractivity contribution in [3.63, 3.8) is 0 Å². The van der Waals surface area contributed by atoms with Crippen LogP contribution in [-0.2, 0) is 29.3 Å². The minimum absolute atomic E-state index is 0.100. The second kappa shape index (κ2) is 17.9. The minimum Gasteiger partial charge on any atom is -0.457 e. The van der Waals surface area contributed by atoms with Crippen LogP contribution in [0.3, 0.4) is 0 Å². The third-order valence-electron chi connectivity index (χ3n) is 14.9. The fourth-order valence-electron chi connectivity index (χ4n) is 11.3. The van der Waals surface area contributed by atoms with Gasteiger partial charge < -0.3 is 14.2 Å². The first-order chi connectivity index (χ1) is 40.7. The van der Waals surface area contributed by atoms with Crippen LogP contribution in [0.25, 0.3) is 82.1 Å². The molecule has 0 atom stereocenters. The second-order valence-corrected chi connectivity index (χ2v) is 23.6. The molecule has 4 heterocycles. The normalized spacial score (nSPS) is 16.1.